The SMILES string of the molecule is COC(=O)N1CCN(C(C)(C)C)C(c2ccccc2C2CC2)C1. The molecule has 1 aromatic carbocycles. The molecule has 126 valence electrons. The molecule has 1 atom stereocenters. The van der Waals surface area contributed by atoms with E-state index in [0.29, 0.717) is 12.5 Å². The van der Waals surface area contributed by atoms with E-state index in [-0.39, 0.29) is 17.7 Å². The third-order valence-corrected chi connectivity index (χ3v) is 5.05. The van der Waals surface area contributed by atoms with Crippen molar-refractivity contribution < 1.29 is 9.53 Å². The van der Waals surface area contributed by atoms with Crippen molar-refractivity contribution in [2.45, 2.75) is 51.1 Å². The van der Waals surface area contributed by atoms with Crippen LogP contribution >= 0.6 is 0 Å². The second kappa shape index (κ2) is 6.16. The van der Waals surface area contributed by atoms with Crippen molar-refractivity contribution in [1.29, 1.82) is 0 Å². The van der Waals surface area contributed by atoms with Crippen molar-refractivity contribution in [2.75, 3.05) is 26.7 Å². The lowest BCUT2D eigenvalue weighted by Crippen LogP contribution is -2.56. The Morgan fingerprint density at radius 2 is 1.78 bits per heavy atom. The predicted molar refractivity (Wildman–Crippen MR) is 91.6 cm³/mol. The van der Waals surface area contributed by atoms with Gasteiger partial charge in [0.25, 0.3) is 0 Å². The molecular formula is C19H28N2O2. The zero-order valence-electron chi connectivity index (χ0n) is 14.7. The van der Waals surface area contributed by atoms with Crippen LogP contribution in [0.25, 0.3) is 0 Å². The first-order valence-corrected chi connectivity index (χ1v) is 8.60. The molecule has 4 nitrogen and oxygen atoms in total. The maximum atomic E-state index is 12.0. The van der Waals surface area contributed by atoms with Gasteiger partial charge in [0.15, 0.2) is 0 Å². The summed E-state index contributed by atoms with van der Waals surface area (Å²) in [4.78, 5) is 16.4. The number of rotatable bonds is 2. The molecule has 1 saturated heterocycles. The molecule has 23 heavy (non-hydrogen) atoms. The summed E-state index contributed by atoms with van der Waals surface area (Å²) in [5.74, 6) is 0.710. The molecule has 1 amide bonds. The van der Waals surface area contributed by atoms with Gasteiger partial charge >= 0.3 is 6.09 Å². The quantitative estimate of drug-likeness (QED) is 0.832. The van der Waals surface area contributed by atoms with Crippen LogP contribution in [0.2, 0.25) is 0 Å². The zero-order valence-corrected chi connectivity index (χ0v) is 14.7. The van der Waals surface area contributed by atoms with E-state index in [1.807, 2.05) is 4.90 Å². The van der Waals surface area contributed by atoms with Crippen LogP contribution < -0.4 is 0 Å². The highest BCUT2D eigenvalue weighted by Crippen LogP contribution is 2.45. The summed E-state index contributed by atoms with van der Waals surface area (Å²) < 4.78 is 4.95. The molecule has 1 unspecified atom stereocenters. The van der Waals surface area contributed by atoms with E-state index in [0.717, 1.165) is 13.1 Å². The van der Waals surface area contributed by atoms with Crippen molar-refractivity contribution in [3.8, 4) is 0 Å². The number of amides is 1. The number of methoxy groups -OCH3 is 1. The fourth-order valence-corrected chi connectivity index (χ4v) is 3.73. The fourth-order valence-electron chi connectivity index (χ4n) is 3.73. The molecule has 0 spiro atoms. The Balaban J connectivity index is 1.94. The van der Waals surface area contributed by atoms with Crippen molar-refractivity contribution in [3.63, 3.8) is 0 Å². The lowest BCUT2D eigenvalue weighted by atomic mass is 9.91. The van der Waals surface area contributed by atoms with E-state index < -0.39 is 0 Å². The van der Waals surface area contributed by atoms with Gasteiger partial charge in [-0.25, -0.2) is 4.79 Å². The smallest absolute Gasteiger partial charge is 0.409 e. The lowest BCUT2D eigenvalue weighted by Gasteiger charge is -2.48. The maximum absolute atomic E-state index is 12.0. The molecule has 1 aromatic rings. The van der Waals surface area contributed by atoms with Crippen LogP contribution in [0.3, 0.4) is 0 Å². The van der Waals surface area contributed by atoms with Gasteiger partial charge in [-0.3, -0.25) is 4.90 Å². The van der Waals surface area contributed by atoms with Gasteiger partial charge in [0, 0.05) is 25.2 Å². The van der Waals surface area contributed by atoms with E-state index in [2.05, 4.69) is 49.9 Å². The Morgan fingerprint density at radius 1 is 1.13 bits per heavy atom. The van der Waals surface area contributed by atoms with Crippen molar-refractivity contribution in [2.24, 2.45) is 0 Å². The second-order valence-electron chi connectivity index (χ2n) is 7.70. The molecule has 3 rings (SSSR count). The molecule has 1 heterocycles. The first-order chi connectivity index (χ1) is 10.9. The van der Waals surface area contributed by atoms with Crippen LogP contribution in [0, 0.1) is 0 Å². The fraction of sp³-hybridized carbons (Fsp3) is 0.632. The van der Waals surface area contributed by atoms with Gasteiger partial charge in [-0.2, -0.15) is 0 Å². The first-order valence-electron chi connectivity index (χ1n) is 8.60. The van der Waals surface area contributed by atoms with Gasteiger partial charge in [-0.05, 0) is 50.7 Å². The van der Waals surface area contributed by atoms with E-state index in [1.54, 1.807) is 0 Å². The minimum Gasteiger partial charge on any atom is -0.453 e. The third-order valence-electron chi connectivity index (χ3n) is 5.05. The summed E-state index contributed by atoms with van der Waals surface area (Å²) in [7, 11) is 1.46. The number of hydrogen-bond acceptors (Lipinski definition) is 3. The van der Waals surface area contributed by atoms with Gasteiger partial charge < -0.3 is 9.64 Å². The molecule has 2 aliphatic rings. The van der Waals surface area contributed by atoms with Crippen LogP contribution in [-0.2, 0) is 4.74 Å². The van der Waals surface area contributed by atoms with Crippen LogP contribution in [-0.4, -0.2) is 48.2 Å². The summed E-state index contributed by atoms with van der Waals surface area (Å²) in [6.45, 7) is 9.08. The molecule has 1 aliphatic carbocycles. The summed E-state index contributed by atoms with van der Waals surface area (Å²) >= 11 is 0. The Kier molecular flexibility index (Phi) is 4.37. The highest BCUT2D eigenvalue weighted by molar-refractivity contribution is 5.67. The minimum absolute atomic E-state index is 0.0730. The molecule has 0 aromatic heterocycles. The molecule has 0 N–H and O–H groups in total. The summed E-state index contributed by atoms with van der Waals surface area (Å²) in [6, 6.07) is 9.01. The Labute approximate surface area is 139 Å². The normalized spacial score (nSPS) is 23.0. The van der Waals surface area contributed by atoms with Crippen LogP contribution in [0.15, 0.2) is 24.3 Å². The third kappa shape index (κ3) is 3.37. The molecular weight excluding hydrogens is 288 g/mol. The minimum atomic E-state index is -0.215. The Bertz CT molecular complexity index is 575. The first kappa shape index (κ1) is 16.3. The lowest BCUT2D eigenvalue weighted by molar-refractivity contribution is 0.00883. The average molecular weight is 316 g/mol. The van der Waals surface area contributed by atoms with E-state index in [1.165, 1.54) is 31.1 Å². The van der Waals surface area contributed by atoms with Crippen molar-refractivity contribution >= 4 is 6.09 Å². The molecule has 0 bridgehead atoms. The number of piperazine rings is 1. The molecule has 2 fully saturated rings. The van der Waals surface area contributed by atoms with Crippen molar-refractivity contribution in [3.05, 3.63) is 35.4 Å². The van der Waals surface area contributed by atoms with Gasteiger partial charge in [0.05, 0.1) is 13.2 Å². The van der Waals surface area contributed by atoms with Gasteiger partial charge in [-0.15, -0.1) is 0 Å². The topological polar surface area (TPSA) is 32.8 Å². The largest absolute Gasteiger partial charge is 0.453 e. The summed E-state index contributed by atoms with van der Waals surface area (Å²) in [6.07, 6.45) is 2.37. The number of ether oxygens (including phenoxy) is 1. The average Bonchev–Trinajstić information content (AvgIpc) is 3.37. The highest BCUT2D eigenvalue weighted by atomic mass is 16.5. The van der Waals surface area contributed by atoms with Gasteiger partial charge in [0.2, 0.25) is 0 Å². The maximum Gasteiger partial charge on any atom is 0.409 e. The van der Waals surface area contributed by atoms with Crippen LogP contribution in [0.4, 0.5) is 4.79 Å². The Morgan fingerprint density at radius 3 is 2.35 bits per heavy atom. The monoisotopic (exact) mass is 316 g/mol. The molecule has 0 radical (unpaired) electrons. The van der Waals surface area contributed by atoms with Crippen molar-refractivity contribution in [1.82, 2.24) is 9.80 Å². The zero-order chi connectivity index (χ0) is 16.6. The molecule has 4 heteroatoms. The summed E-state index contributed by atoms with van der Waals surface area (Å²) in [5.41, 5.74) is 2.93. The van der Waals surface area contributed by atoms with E-state index >= 15 is 0 Å². The van der Waals surface area contributed by atoms with Gasteiger partial charge in [0.1, 0.15) is 0 Å². The Hall–Kier alpha value is -1.55. The van der Waals surface area contributed by atoms with Gasteiger partial charge in [-0.1, -0.05) is 24.3 Å². The highest BCUT2D eigenvalue weighted by Gasteiger charge is 2.39. The van der Waals surface area contributed by atoms with Crippen LogP contribution in [0.5, 0.6) is 0 Å². The number of benzene rings is 1. The number of carbonyl (C=O) groups is 1. The van der Waals surface area contributed by atoms with E-state index in [4.69, 9.17) is 4.74 Å². The standard InChI is InChI=1S/C19H28N2O2/c1-19(2,3)21-12-11-20(18(22)23-4)13-17(21)16-8-6-5-7-15(16)14-9-10-14/h5-8,14,17H,9-13H2,1-4H3. The number of carbonyl (C=O) groups excluding carboxylic acids is 1. The second-order valence-corrected chi connectivity index (χ2v) is 7.70. The summed E-state index contributed by atoms with van der Waals surface area (Å²) in [5, 5.41) is 0. The van der Waals surface area contributed by atoms with Crippen LogP contribution in [0.1, 0.15) is 56.7 Å². The molecule has 1 aliphatic heterocycles. The van der Waals surface area contributed by atoms with E-state index in [9.17, 15) is 4.79 Å². The number of nitrogens with zero attached hydrogens (tertiary/aromatic N) is 2. The number of hydrogen-bond donors (Lipinski definition) is 0. The predicted octanol–water partition coefficient (Wildman–Crippen LogP) is 3.79. The molecule has 1 saturated carbocycles.